The molecule has 1 aliphatic heterocycles. The summed E-state index contributed by atoms with van der Waals surface area (Å²) in [6.07, 6.45) is 0.843. The van der Waals surface area contributed by atoms with Crippen molar-refractivity contribution in [2.45, 2.75) is 19.8 Å². The second-order valence-corrected chi connectivity index (χ2v) is 7.28. The Bertz CT molecular complexity index is 375. The fourth-order valence-electron chi connectivity index (χ4n) is 2.17. The minimum atomic E-state index is -2.90. The van der Waals surface area contributed by atoms with Gasteiger partial charge in [0.2, 0.25) is 0 Å². The highest BCUT2D eigenvalue weighted by molar-refractivity contribution is 7.91. The zero-order chi connectivity index (χ0) is 14.3. The van der Waals surface area contributed by atoms with Crippen LogP contribution < -0.4 is 0 Å². The smallest absolute Gasteiger partial charge is 0.304 e. The van der Waals surface area contributed by atoms with Crippen LogP contribution in [0, 0.1) is 0 Å². The van der Waals surface area contributed by atoms with Gasteiger partial charge in [0.25, 0.3) is 0 Å². The van der Waals surface area contributed by atoms with Gasteiger partial charge in [0.05, 0.1) is 12.2 Å². The van der Waals surface area contributed by atoms with Crippen LogP contribution in [0.2, 0.25) is 0 Å². The van der Waals surface area contributed by atoms with E-state index >= 15 is 0 Å². The number of carboxylic acids is 1. The van der Waals surface area contributed by atoms with Crippen LogP contribution in [0.1, 0.15) is 19.8 Å². The highest BCUT2D eigenvalue weighted by Crippen LogP contribution is 2.04. The Morgan fingerprint density at radius 2 is 1.58 bits per heavy atom. The third kappa shape index (κ3) is 6.89. The number of aliphatic carboxylic acids is 1. The monoisotopic (exact) mass is 292 g/mol. The Kier molecular flexibility index (Phi) is 6.74. The van der Waals surface area contributed by atoms with Crippen molar-refractivity contribution in [3.05, 3.63) is 0 Å². The number of hydrogen-bond donors (Lipinski definition) is 1. The van der Waals surface area contributed by atoms with E-state index in [2.05, 4.69) is 9.80 Å². The standard InChI is InChI=1S/C12H24N2O4S/c1-2-10-19(17,18)11-9-14-7-5-13(6-8-14)4-3-12(15)16/h2-11H2,1H3,(H,15,16). The molecule has 0 radical (unpaired) electrons. The molecule has 0 aromatic rings. The summed E-state index contributed by atoms with van der Waals surface area (Å²) in [6.45, 7) is 6.33. The molecule has 0 aromatic heterocycles. The Balaban J connectivity index is 2.21. The molecule has 0 amide bonds. The molecule has 1 saturated heterocycles. The van der Waals surface area contributed by atoms with Crippen molar-refractivity contribution in [3.8, 4) is 0 Å². The maximum Gasteiger partial charge on any atom is 0.304 e. The fourth-order valence-corrected chi connectivity index (χ4v) is 3.53. The normalized spacial score (nSPS) is 18.6. The third-order valence-corrected chi connectivity index (χ3v) is 5.18. The molecular weight excluding hydrogens is 268 g/mol. The first-order valence-electron chi connectivity index (χ1n) is 6.80. The Labute approximate surface area is 115 Å². The molecule has 0 atom stereocenters. The Morgan fingerprint density at radius 1 is 1.05 bits per heavy atom. The van der Waals surface area contributed by atoms with E-state index in [1.165, 1.54) is 0 Å². The molecule has 0 spiro atoms. The zero-order valence-electron chi connectivity index (χ0n) is 11.5. The van der Waals surface area contributed by atoms with Crippen molar-refractivity contribution >= 4 is 15.8 Å². The molecule has 112 valence electrons. The Hall–Kier alpha value is -0.660. The van der Waals surface area contributed by atoms with E-state index < -0.39 is 15.8 Å². The number of rotatable bonds is 8. The molecule has 1 rings (SSSR count). The predicted octanol–water partition coefficient (Wildman–Crippen LogP) is -0.0965. The third-order valence-electron chi connectivity index (χ3n) is 3.34. The molecule has 0 aromatic carbocycles. The molecule has 1 aliphatic rings. The van der Waals surface area contributed by atoms with Crippen LogP contribution in [0.5, 0.6) is 0 Å². The van der Waals surface area contributed by atoms with E-state index in [-0.39, 0.29) is 17.9 Å². The lowest BCUT2D eigenvalue weighted by molar-refractivity contribution is -0.137. The van der Waals surface area contributed by atoms with Gasteiger partial charge < -0.3 is 10.0 Å². The lowest BCUT2D eigenvalue weighted by Crippen LogP contribution is -2.48. The van der Waals surface area contributed by atoms with Crippen molar-refractivity contribution in [2.24, 2.45) is 0 Å². The van der Waals surface area contributed by atoms with E-state index in [0.717, 1.165) is 26.2 Å². The van der Waals surface area contributed by atoms with Crippen LogP contribution in [-0.2, 0) is 14.6 Å². The van der Waals surface area contributed by atoms with Gasteiger partial charge in [-0.15, -0.1) is 0 Å². The summed E-state index contributed by atoms with van der Waals surface area (Å²) in [5.41, 5.74) is 0. The first-order chi connectivity index (χ1) is 8.93. The second kappa shape index (κ2) is 7.81. The molecule has 6 nitrogen and oxygen atoms in total. The van der Waals surface area contributed by atoms with E-state index in [0.29, 0.717) is 19.5 Å². The van der Waals surface area contributed by atoms with Gasteiger partial charge >= 0.3 is 5.97 Å². The number of nitrogens with zero attached hydrogens (tertiary/aromatic N) is 2. The molecule has 0 unspecified atom stereocenters. The predicted molar refractivity (Wildman–Crippen MR) is 74.1 cm³/mol. The molecular formula is C12H24N2O4S. The van der Waals surface area contributed by atoms with E-state index in [4.69, 9.17) is 5.11 Å². The minimum Gasteiger partial charge on any atom is -0.481 e. The Morgan fingerprint density at radius 3 is 2.05 bits per heavy atom. The van der Waals surface area contributed by atoms with Crippen LogP contribution in [0.4, 0.5) is 0 Å². The number of piperazine rings is 1. The molecule has 0 saturated carbocycles. The van der Waals surface area contributed by atoms with Gasteiger partial charge in [-0.2, -0.15) is 0 Å². The summed E-state index contributed by atoms with van der Waals surface area (Å²) < 4.78 is 23.2. The average Bonchev–Trinajstić information content (AvgIpc) is 2.35. The molecule has 1 fully saturated rings. The summed E-state index contributed by atoms with van der Waals surface area (Å²) in [7, 11) is -2.90. The van der Waals surface area contributed by atoms with Gasteiger partial charge in [-0.05, 0) is 6.42 Å². The van der Waals surface area contributed by atoms with Crippen molar-refractivity contribution in [1.82, 2.24) is 9.80 Å². The molecule has 7 heteroatoms. The minimum absolute atomic E-state index is 0.172. The van der Waals surface area contributed by atoms with Crippen LogP contribution in [0.3, 0.4) is 0 Å². The van der Waals surface area contributed by atoms with Gasteiger partial charge in [-0.25, -0.2) is 8.42 Å². The van der Waals surface area contributed by atoms with Crippen molar-refractivity contribution < 1.29 is 18.3 Å². The summed E-state index contributed by atoms with van der Waals surface area (Å²) in [4.78, 5) is 14.7. The van der Waals surface area contributed by atoms with Crippen LogP contribution in [0.25, 0.3) is 0 Å². The summed E-state index contributed by atoms with van der Waals surface area (Å²) in [5.74, 6) is -0.269. The lowest BCUT2D eigenvalue weighted by atomic mass is 10.3. The van der Waals surface area contributed by atoms with Crippen LogP contribution in [0.15, 0.2) is 0 Å². The zero-order valence-corrected chi connectivity index (χ0v) is 12.4. The van der Waals surface area contributed by atoms with Gasteiger partial charge in [-0.3, -0.25) is 9.69 Å². The van der Waals surface area contributed by atoms with Crippen molar-refractivity contribution in [3.63, 3.8) is 0 Å². The fraction of sp³-hybridized carbons (Fsp3) is 0.917. The SMILES string of the molecule is CCCS(=O)(=O)CCN1CCN(CCC(=O)O)CC1. The number of sulfone groups is 1. The number of carboxylic acid groups (broad SMARTS) is 1. The first-order valence-corrected chi connectivity index (χ1v) is 8.62. The van der Waals surface area contributed by atoms with Crippen molar-refractivity contribution in [1.29, 1.82) is 0 Å². The van der Waals surface area contributed by atoms with Gasteiger partial charge in [0.1, 0.15) is 0 Å². The van der Waals surface area contributed by atoms with Gasteiger partial charge in [-0.1, -0.05) is 6.92 Å². The summed E-state index contributed by atoms with van der Waals surface area (Å²) in [5, 5.41) is 8.62. The molecule has 1 heterocycles. The van der Waals surface area contributed by atoms with Crippen molar-refractivity contribution in [2.75, 3.05) is 50.8 Å². The molecule has 19 heavy (non-hydrogen) atoms. The maximum absolute atomic E-state index is 11.6. The number of hydrogen-bond acceptors (Lipinski definition) is 5. The molecule has 0 aliphatic carbocycles. The maximum atomic E-state index is 11.6. The second-order valence-electron chi connectivity index (χ2n) is 4.98. The topological polar surface area (TPSA) is 77.9 Å². The van der Waals surface area contributed by atoms with E-state index in [1.54, 1.807) is 0 Å². The highest BCUT2D eigenvalue weighted by Gasteiger charge is 2.19. The molecule has 0 bridgehead atoms. The number of carbonyl (C=O) groups is 1. The molecule has 1 N–H and O–H groups in total. The highest BCUT2D eigenvalue weighted by atomic mass is 32.2. The van der Waals surface area contributed by atoms with Gasteiger partial charge in [0.15, 0.2) is 9.84 Å². The largest absolute Gasteiger partial charge is 0.481 e. The average molecular weight is 292 g/mol. The van der Waals surface area contributed by atoms with Crippen LogP contribution >= 0.6 is 0 Å². The van der Waals surface area contributed by atoms with Crippen LogP contribution in [-0.4, -0.2) is 80.1 Å². The van der Waals surface area contributed by atoms with E-state index in [1.807, 2.05) is 6.92 Å². The summed E-state index contributed by atoms with van der Waals surface area (Å²) in [6, 6.07) is 0. The lowest BCUT2D eigenvalue weighted by Gasteiger charge is -2.34. The first kappa shape index (κ1) is 16.4. The summed E-state index contributed by atoms with van der Waals surface area (Å²) >= 11 is 0. The van der Waals surface area contributed by atoms with Gasteiger partial charge in [0, 0.05) is 45.0 Å². The van der Waals surface area contributed by atoms with E-state index in [9.17, 15) is 13.2 Å². The quantitative estimate of drug-likeness (QED) is 0.673.